The first kappa shape index (κ1) is 14.5. The number of hydrogen-bond donors (Lipinski definition) is 0. The van der Waals surface area contributed by atoms with Gasteiger partial charge in [0.05, 0.1) is 23.4 Å². The summed E-state index contributed by atoms with van der Waals surface area (Å²) in [6.45, 7) is 11.7. The lowest BCUT2D eigenvalue weighted by atomic mass is 9.98. The highest BCUT2D eigenvalue weighted by molar-refractivity contribution is 7.13. The van der Waals surface area contributed by atoms with Crippen molar-refractivity contribution in [1.82, 2.24) is 9.88 Å². The van der Waals surface area contributed by atoms with Gasteiger partial charge in [0.15, 0.2) is 0 Å². The summed E-state index contributed by atoms with van der Waals surface area (Å²) in [7, 11) is 0. The first-order chi connectivity index (χ1) is 8.77. The molecule has 1 saturated heterocycles. The minimum absolute atomic E-state index is 0.00517. The van der Waals surface area contributed by atoms with Crippen LogP contribution in [0.25, 0.3) is 0 Å². The molecule has 4 nitrogen and oxygen atoms in total. The van der Waals surface area contributed by atoms with Gasteiger partial charge in [-0.1, -0.05) is 20.8 Å². The summed E-state index contributed by atoms with van der Waals surface area (Å²) in [4.78, 5) is 19.5. The minimum atomic E-state index is -0.00517. The first-order valence-corrected chi connectivity index (χ1v) is 7.50. The van der Waals surface area contributed by atoms with Crippen LogP contribution in [0.4, 0.5) is 0 Å². The lowest BCUT2D eigenvalue weighted by Crippen LogP contribution is -2.48. The monoisotopic (exact) mass is 282 g/mol. The number of thiazole rings is 1. The molecule has 5 heteroatoms. The molecule has 0 unspecified atom stereocenters. The average Bonchev–Trinajstić information content (AvgIpc) is 2.75. The molecule has 0 aromatic carbocycles. The molecule has 1 aliphatic rings. The molecule has 0 spiro atoms. The third-order valence-corrected chi connectivity index (χ3v) is 4.48. The molecule has 2 rings (SSSR count). The number of hydrogen-bond acceptors (Lipinski definition) is 4. The van der Waals surface area contributed by atoms with E-state index >= 15 is 0 Å². The molecule has 1 aliphatic heterocycles. The van der Waals surface area contributed by atoms with Crippen LogP contribution in [-0.2, 0) is 10.2 Å². The zero-order chi connectivity index (χ0) is 14.2. The number of amides is 1. The van der Waals surface area contributed by atoms with Gasteiger partial charge in [0.25, 0.3) is 5.91 Å². The fourth-order valence-electron chi connectivity index (χ4n) is 2.22. The quantitative estimate of drug-likeness (QED) is 0.795. The number of carbonyl (C=O) groups excluding carboxylic acids is 1. The van der Waals surface area contributed by atoms with Crippen LogP contribution in [0.1, 0.15) is 49.3 Å². The van der Waals surface area contributed by atoms with Crippen LogP contribution in [0.15, 0.2) is 6.20 Å². The van der Waals surface area contributed by atoms with Crippen LogP contribution in [0.5, 0.6) is 0 Å². The maximum Gasteiger partial charge on any atom is 0.265 e. The largest absolute Gasteiger partial charge is 0.372 e. The number of rotatable bonds is 1. The highest BCUT2D eigenvalue weighted by Crippen LogP contribution is 2.28. The highest BCUT2D eigenvalue weighted by Gasteiger charge is 2.28. The van der Waals surface area contributed by atoms with Gasteiger partial charge in [0.1, 0.15) is 4.88 Å². The number of morpholine rings is 1. The highest BCUT2D eigenvalue weighted by atomic mass is 32.1. The summed E-state index contributed by atoms with van der Waals surface area (Å²) in [5.41, 5.74) is -0.00517. The molecular formula is C14H22N2O2S. The van der Waals surface area contributed by atoms with Gasteiger partial charge in [-0.15, -0.1) is 11.3 Å². The number of aromatic nitrogens is 1. The minimum Gasteiger partial charge on any atom is -0.372 e. The van der Waals surface area contributed by atoms with Crippen molar-refractivity contribution in [3.8, 4) is 0 Å². The Morgan fingerprint density at radius 1 is 1.37 bits per heavy atom. The molecular weight excluding hydrogens is 260 g/mol. The van der Waals surface area contributed by atoms with Gasteiger partial charge in [-0.3, -0.25) is 4.79 Å². The second kappa shape index (κ2) is 5.21. The van der Waals surface area contributed by atoms with Crippen LogP contribution < -0.4 is 0 Å². The van der Waals surface area contributed by atoms with Crippen LogP contribution in [0.2, 0.25) is 0 Å². The van der Waals surface area contributed by atoms with Crippen LogP contribution in [0.3, 0.4) is 0 Å². The van der Waals surface area contributed by atoms with Crippen molar-refractivity contribution in [2.45, 2.75) is 52.2 Å². The summed E-state index contributed by atoms with van der Waals surface area (Å²) >= 11 is 1.50. The smallest absolute Gasteiger partial charge is 0.265 e. The van der Waals surface area contributed by atoms with Gasteiger partial charge in [-0.05, 0) is 13.8 Å². The van der Waals surface area contributed by atoms with E-state index in [4.69, 9.17) is 4.74 Å². The average molecular weight is 282 g/mol. The summed E-state index contributed by atoms with van der Waals surface area (Å²) in [6, 6.07) is 0. The van der Waals surface area contributed by atoms with Crippen molar-refractivity contribution in [3.63, 3.8) is 0 Å². The van der Waals surface area contributed by atoms with E-state index in [9.17, 15) is 4.79 Å². The zero-order valence-electron chi connectivity index (χ0n) is 12.3. The Labute approximate surface area is 118 Å². The van der Waals surface area contributed by atoms with Crippen molar-refractivity contribution in [1.29, 1.82) is 0 Å². The first-order valence-electron chi connectivity index (χ1n) is 6.68. The van der Waals surface area contributed by atoms with Crippen molar-refractivity contribution in [2.75, 3.05) is 13.1 Å². The van der Waals surface area contributed by atoms with Crippen molar-refractivity contribution < 1.29 is 9.53 Å². The molecule has 1 amide bonds. The predicted octanol–water partition coefficient (Wildman–Crippen LogP) is 2.69. The van der Waals surface area contributed by atoms with Crippen molar-refractivity contribution in [3.05, 3.63) is 16.1 Å². The molecule has 2 heterocycles. The van der Waals surface area contributed by atoms with E-state index in [2.05, 4.69) is 25.8 Å². The predicted molar refractivity (Wildman–Crippen MR) is 76.7 cm³/mol. The molecule has 106 valence electrons. The van der Waals surface area contributed by atoms with Crippen molar-refractivity contribution in [2.24, 2.45) is 0 Å². The standard InChI is InChI=1S/C14H22N2O2S/c1-9-7-16(8-10(2)18-9)12(17)11-6-15-13(19-11)14(3,4)5/h6,9-10H,7-8H2,1-5H3/t9-,10-/m0/s1. The van der Waals surface area contributed by atoms with Gasteiger partial charge in [0.2, 0.25) is 0 Å². The van der Waals surface area contributed by atoms with Gasteiger partial charge in [-0.2, -0.15) is 0 Å². The molecule has 19 heavy (non-hydrogen) atoms. The molecule has 0 radical (unpaired) electrons. The Bertz CT molecular complexity index is 454. The Morgan fingerprint density at radius 3 is 2.42 bits per heavy atom. The molecule has 1 aromatic heterocycles. The fraction of sp³-hybridized carbons (Fsp3) is 0.714. The lowest BCUT2D eigenvalue weighted by molar-refractivity contribution is -0.0585. The molecule has 0 aliphatic carbocycles. The molecule has 2 atom stereocenters. The SMILES string of the molecule is C[C@H]1CN(C(=O)c2cnc(C(C)(C)C)s2)C[C@H](C)O1. The summed E-state index contributed by atoms with van der Waals surface area (Å²) in [5.74, 6) is 0.0787. The summed E-state index contributed by atoms with van der Waals surface area (Å²) < 4.78 is 5.66. The normalized spacial score (nSPS) is 24.6. The Morgan fingerprint density at radius 2 is 1.95 bits per heavy atom. The third-order valence-electron chi connectivity index (χ3n) is 3.06. The van der Waals surface area contributed by atoms with Gasteiger partial charge in [-0.25, -0.2) is 4.98 Å². The van der Waals surface area contributed by atoms with E-state index in [1.165, 1.54) is 11.3 Å². The van der Waals surface area contributed by atoms with E-state index in [0.29, 0.717) is 13.1 Å². The number of nitrogens with zero attached hydrogens (tertiary/aromatic N) is 2. The van der Waals surface area contributed by atoms with Crippen molar-refractivity contribution >= 4 is 17.2 Å². The Balaban J connectivity index is 2.13. The molecule has 1 aromatic rings. The summed E-state index contributed by atoms with van der Waals surface area (Å²) in [5, 5.41) is 1.00. The van der Waals surface area contributed by atoms with Crippen LogP contribution in [0, 0.1) is 0 Å². The fourth-order valence-corrected chi connectivity index (χ4v) is 3.16. The van der Waals surface area contributed by atoms with Gasteiger partial charge in [0, 0.05) is 18.5 Å². The Kier molecular flexibility index (Phi) is 3.97. The second-order valence-electron chi connectivity index (χ2n) is 6.25. The Hall–Kier alpha value is -0.940. The van der Waals surface area contributed by atoms with E-state index in [1.54, 1.807) is 6.20 Å². The van der Waals surface area contributed by atoms with E-state index in [-0.39, 0.29) is 23.5 Å². The molecule has 1 fully saturated rings. The molecule has 0 N–H and O–H groups in total. The number of ether oxygens (including phenoxy) is 1. The maximum atomic E-state index is 12.5. The topological polar surface area (TPSA) is 42.4 Å². The van der Waals surface area contributed by atoms with E-state index in [1.807, 2.05) is 18.7 Å². The van der Waals surface area contributed by atoms with E-state index in [0.717, 1.165) is 9.88 Å². The van der Waals surface area contributed by atoms with Crippen LogP contribution in [-0.4, -0.2) is 41.1 Å². The molecule has 0 bridgehead atoms. The van der Waals surface area contributed by atoms with Gasteiger partial charge < -0.3 is 9.64 Å². The maximum absolute atomic E-state index is 12.5. The van der Waals surface area contributed by atoms with E-state index < -0.39 is 0 Å². The van der Waals surface area contributed by atoms with Crippen LogP contribution >= 0.6 is 11.3 Å². The van der Waals surface area contributed by atoms with Gasteiger partial charge >= 0.3 is 0 Å². The lowest BCUT2D eigenvalue weighted by Gasteiger charge is -2.35. The third kappa shape index (κ3) is 3.34. The number of carbonyl (C=O) groups is 1. The second-order valence-corrected chi connectivity index (χ2v) is 7.28. The summed E-state index contributed by atoms with van der Waals surface area (Å²) in [6.07, 6.45) is 1.91. The zero-order valence-corrected chi connectivity index (χ0v) is 13.1. The molecule has 0 saturated carbocycles.